The summed E-state index contributed by atoms with van der Waals surface area (Å²) in [5.41, 5.74) is 4.55. The number of dihydropyridines is 1. The number of rotatable bonds is 6. The van der Waals surface area contributed by atoms with E-state index in [-0.39, 0.29) is 23.8 Å². The van der Waals surface area contributed by atoms with Crippen molar-refractivity contribution in [3.63, 3.8) is 0 Å². The van der Waals surface area contributed by atoms with E-state index in [9.17, 15) is 9.59 Å². The maximum atomic E-state index is 13.8. The summed E-state index contributed by atoms with van der Waals surface area (Å²) in [4.78, 5) is 27.5. The molecule has 2 atom stereocenters. The molecule has 1 heterocycles. The minimum absolute atomic E-state index is 0.0335. The van der Waals surface area contributed by atoms with Crippen molar-refractivity contribution in [1.82, 2.24) is 5.32 Å². The minimum Gasteiger partial charge on any atom is -0.493 e. The predicted octanol–water partition coefficient (Wildman–Crippen LogP) is 5.55. The SMILES string of the molecule is COc1cccc([C@@H]2C(C(=O)OC3CCCC3)=C(C)NC3=C2C(=O)C[C@@H](c2ccccc2)C3)c1OC. The zero-order chi connectivity index (χ0) is 25.2. The van der Waals surface area contributed by atoms with Crippen molar-refractivity contribution in [2.45, 2.75) is 63.4 Å². The zero-order valence-electron chi connectivity index (χ0n) is 21.1. The lowest BCUT2D eigenvalue weighted by molar-refractivity contribution is -0.144. The molecule has 1 fully saturated rings. The Bertz CT molecular complexity index is 1220. The van der Waals surface area contributed by atoms with Gasteiger partial charge >= 0.3 is 5.97 Å². The molecule has 1 saturated carbocycles. The molecule has 0 bridgehead atoms. The normalized spacial score (nSPS) is 22.2. The van der Waals surface area contributed by atoms with Gasteiger partial charge in [0.15, 0.2) is 17.3 Å². The number of ether oxygens (including phenoxy) is 3. The van der Waals surface area contributed by atoms with Crippen molar-refractivity contribution >= 4 is 11.8 Å². The Labute approximate surface area is 212 Å². The van der Waals surface area contributed by atoms with Crippen molar-refractivity contribution in [2.75, 3.05) is 14.2 Å². The standard InChI is InChI=1S/C30H33NO5/c1-18-26(30(33)36-21-12-7-8-13-21)27(22-14-9-15-25(34-2)29(22)35-3)28-23(31-18)16-20(17-24(28)32)19-10-5-4-6-11-19/h4-6,9-11,14-15,20-21,27,31H,7-8,12-13,16-17H2,1-3H3/t20-,27+/m0/s1. The smallest absolute Gasteiger partial charge is 0.337 e. The van der Waals surface area contributed by atoms with E-state index in [1.165, 1.54) is 0 Å². The average Bonchev–Trinajstić information content (AvgIpc) is 3.40. The molecular formula is C30H33NO5. The predicted molar refractivity (Wildman–Crippen MR) is 137 cm³/mol. The van der Waals surface area contributed by atoms with Crippen molar-refractivity contribution in [1.29, 1.82) is 0 Å². The molecule has 2 aromatic carbocycles. The van der Waals surface area contributed by atoms with Crippen molar-refractivity contribution < 1.29 is 23.8 Å². The van der Waals surface area contributed by atoms with Crippen LogP contribution in [0.5, 0.6) is 11.5 Å². The number of carbonyl (C=O) groups excluding carboxylic acids is 2. The fourth-order valence-electron chi connectivity index (χ4n) is 5.94. The highest BCUT2D eigenvalue weighted by Gasteiger charge is 2.43. The first kappa shape index (κ1) is 24.2. The van der Waals surface area contributed by atoms with Crippen LogP contribution in [-0.4, -0.2) is 32.1 Å². The molecule has 0 radical (unpaired) electrons. The Morgan fingerprint density at radius 1 is 0.944 bits per heavy atom. The molecule has 1 N–H and O–H groups in total. The van der Waals surface area contributed by atoms with E-state index in [4.69, 9.17) is 14.2 Å². The second-order valence-corrected chi connectivity index (χ2v) is 9.82. The average molecular weight is 488 g/mol. The maximum absolute atomic E-state index is 13.8. The van der Waals surface area contributed by atoms with Crippen LogP contribution in [0.15, 0.2) is 71.1 Å². The van der Waals surface area contributed by atoms with Gasteiger partial charge in [-0.25, -0.2) is 4.79 Å². The van der Waals surface area contributed by atoms with Gasteiger partial charge < -0.3 is 19.5 Å². The van der Waals surface area contributed by atoms with Gasteiger partial charge in [-0.15, -0.1) is 0 Å². The number of Topliss-reactive ketones (excluding diaryl/α,β-unsaturated/α-hetero) is 1. The van der Waals surface area contributed by atoms with Crippen LogP contribution in [0.2, 0.25) is 0 Å². The van der Waals surface area contributed by atoms with Gasteiger partial charge in [0.2, 0.25) is 0 Å². The third kappa shape index (κ3) is 4.41. The number of para-hydroxylation sites is 1. The lowest BCUT2D eigenvalue weighted by atomic mass is 9.71. The number of allylic oxidation sites excluding steroid dienone is 3. The number of methoxy groups -OCH3 is 2. The molecule has 5 rings (SSSR count). The van der Waals surface area contributed by atoms with E-state index in [1.807, 2.05) is 43.3 Å². The molecule has 6 heteroatoms. The molecule has 0 saturated heterocycles. The van der Waals surface area contributed by atoms with Crippen LogP contribution in [0.4, 0.5) is 0 Å². The summed E-state index contributed by atoms with van der Waals surface area (Å²) >= 11 is 0. The van der Waals surface area contributed by atoms with E-state index in [1.54, 1.807) is 14.2 Å². The summed E-state index contributed by atoms with van der Waals surface area (Å²) in [6, 6.07) is 15.7. The highest BCUT2D eigenvalue weighted by atomic mass is 16.5. The molecule has 6 nitrogen and oxygen atoms in total. The molecule has 2 aromatic rings. The largest absolute Gasteiger partial charge is 0.493 e. The summed E-state index contributed by atoms with van der Waals surface area (Å²) in [5, 5.41) is 3.44. The molecule has 2 aliphatic carbocycles. The Hall–Kier alpha value is -3.54. The Balaban J connectivity index is 1.61. The second kappa shape index (κ2) is 10.2. The number of hydrogen-bond acceptors (Lipinski definition) is 6. The van der Waals surface area contributed by atoms with Crippen molar-refractivity contribution in [3.05, 3.63) is 82.2 Å². The molecule has 0 spiro atoms. The van der Waals surface area contributed by atoms with Gasteiger partial charge in [0, 0.05) is 29.0 Å². The molecule has 0 amide bonds. The number of ketones is 1. The lowest BCUT2D eigenvalue weighted by Gasteiger charge is -2.37. The van der Waals surface area contributed by atoms with Crippen LogP contribution in [0, 0.1) is 0 Å². The van der Waals surface area contributed by atoms with Gasteiger partial charge in [-0.3, -0.25) is 4.79 Å². The Morgan fingerprint density at radius 2 is 1.69 bits per heavy atom. The van der Waals surface area contributed by atoms with E-state index in [0.29, 0.717) is 41.2 Å². The van der Waals surface area contributed by atoms with Crippen LogP contribution < -0.4 is 14.8 Å². The first-order chi connectivity index (χ1) is 17.5. The first-order valence-electron chi connectivity index (χ1n) is 12.7. The first-order valence-corrected chi connectivity index (χ1v) is 12.7. The van der Waals surface area contributed by atoms with Crippen molar-refractivity contribution in [2.24, 2.45) is 0 Å². The molecule has 188 valence electrons. The molecule has 0 aromatic heterocycles. The summed E-state index contributed by atoms with van der Waals surface area (Å²) in [5.74, 6) is 0.234. The lowest BCUT2D eigenvalue weighted by Crippen LogP contribution is -2.36. The number of esters is 1. The van der Waals surface area contributed by atoms with Crippen LogP contribution in [-0.2, 0) is 14.3 Å². The van der Waals surface area contributed by atoms with E-state index in [0.717, 1.165) is 42.5 Å². The quantitative estimate of drug-likeness (QED) is 0.539. The molecule has 3 aliphatic rings. The van der Waals surface area contributed by atoms with Crippen molar-refractivity contribution in [3.8, 4) is 11.5 Å². The number of benzene rings is 2. The summed E-state index contributed by atoms with van der Waals surface area (Å²) in [6.45, 7) is 1.89. The highest BCUT2D eigenvalue weighted by molar-refractivity contribution is 6.04. The maximum Gasteiger partial charge on any atom is 0.337 e. The van der Waals surface area contributed by atoms with Crippen LogP contribution in [0.25, 0.3) is 0 Å². The van der Waals surface area contributed by atoms with Crippen LogP contribution in [0.3, 0.4) is 0 Å². The number of nitrogens with one attached hydrogen (secondary N) is 1. The summed E-state index contributed by atoms with van der Waals surface area (Å²) < 4.78 is 17.3. The van der Waals surface area contributed by atoms with Crippen LogP contribution in [0.1, 0.15) is 68.4 Å². The minimum atomic E-state index is -0.593. The van der Waals surface area contributed by atoms with Gasteiger partial charge in [-0.05, 0) is 56.6 Å². The van der Waals surface area contributed by atoms with Gasteiger partial charge in [-0.2, -0.15) is 0 Å². The van der Waals surface area contributed by atoms with Gasteiger partial charge in [0.05, 0.1) is 25.7 Å². The molecule has 0 unspecified atom stereocenters. The van der Waals surface area contributed by atoms with E-state index in [2.05, 4.69) is 17.4 Å². The van der Waals surface area contributed by atoms with Gasteiger partial charge in [-0.1, -0.05) is 42.5 Å². The van der Waals surface area contributed by atoms with Gasteiger partial charge in [0.25, 0.3) is 0 Å². The van der Waals surface area contributed by atoms with E-state index < -0.39 is 5.92 Å². The fourth-order valence-corrected chi connectivity index (χ4v) is 5.94. The topological polar surface area (TPSA) is 73.9 Å². The second-order valence-electron chi connectivity index (χ2n) is 9.82. The van der Waals surface area contributed by atoms with Gasteiger partial charge in [0.1, 0.15) is 6.10 Å². The highest BCUT2D eigenvalue weighted by Crippen LogP contribution is 2.49. The van der Waals surface area contributed by atoms with Crippen LogP contribution >= 0.6 is 0 Å². The number of hydrogen-bond donors (Lipinski definition) is 1. The zero-order valence-corrected chi connectivity index (χ0v) is 21.1. The summed E-state index contributed by atoms with van der Waals surface area (Å²) in [6.07, 6.45) is 4.89. The summed E-state index contributed by atoms with van der Waals surface area (Å²) in [7, 11) is 3.17. The Morgan fingerprint density at radius 3 is 2.39 bits per heavy atom. The third-order valence-electron chi connectivity index (χ3n) is 7.64. The monoisotopic (exact) mass is 487 g/mol. The third-order valence-corrected chi connectivity index (χ3v) is 7.64. The fraction of sp³-hybridized carbons (Fsp3) is 0.400. The Kier molecular flexibility index (Phi) is 6.86. The molecule has 1 aliphatic heterocycles. The number of carbonyl (C=O) groups is 2. The molecule has 36 heavy (non-hydrogen) atoms. The van der Waals surface area contributed by atoms with E-state index >= 15 is 0 Å². The molecular weight excluding hydrogens is 454 g/mol.